The number of halogens is 2. The van der Waals surface area contributed by atoms with Crippen molar-refractivity contribution in [1.82, 2.24) is 4.98 Å². The van der Waals surface area contributed by atoms with Crippen molar-refractivity contribution in [2.75, 3.05) is 11.4 Å². The van der Waals surface area contributed by atoms with E-state index in [1.165, 1.54) is 11.0 Å². The summed E-state index contributed by atoms with van der Waals surface area (Å²) in [5.74, 6) is 2.35. The molecule has 1 aromatic heterocycles. The minimum Gasteiger partial charge on any atom is -0.295 e. The van der Waals surface area contributed by atoms with Crippen LogP contribution in [0.4, 0.5) is 10.2 Å². The monoisotopic (exact) mass is 282 g/mol. The molecule has 2 heterocycles. The van der Waals surface area contributed by atoms with Crippen LogP contribution in [0.2, 0.25) is 0 Å². The van der Waals surface area contributed by atoms with E-state index < -0.39 is 5.82 Å². The third kappa shape index (κ3) is 1.93. The van der Waals surface area contributed by atoms with Crippen molar-refractivity contribution in [3.8, 4) is 12.3 Å². The molecule has 0 radical (unpaired) electrons. The normalized spacial score (nSPS) is 19.9. The number of terminal acetylenes is 1. The van der Waals surface area contributed by atoms with Gasteiger partial charge in [-0.25, -0.2) is 9.37 Å². The van der Waals surface area contributed by atoms with Crippen molar-refractivity contribution in [2.45, 2.75) is 6.42 Å². The average molecular weight is 283 g/mol. The van der Waals surface area contributed by atoms with E-state index in [-0.39, 0.29) is 11.8 Å². The van der Waals surface area contributed by atoms with Gasteiger partial charge < -0.3 is 0 Å². The molecule has 0 bridgehead atoms. The first-order valence-corrected chi connectivity index (χ1v) is 5.48. The van der Waals surface area contributed by atoms with Crippen LogP contribution in [-0.2, 0) is 4.79 Å². The molecule has 1 fully saturated rings. The number of anilines is 1. The van der Waals surface area contributed by atoms with Gasteiger partial charge in [-0.1, -0.05) is 0 Å². The Morgan fingerprint density at radius 2 is 2.44 bits per heavy atom. The summed E-state index contributed by atoms with van der Waals surface area (Å²) >= 11 is 3.18. The summed E-state index contributed by atoms with van der Waals surface area (Å²) in [6.45, 7) is 0.437. The molecule has 5 heteroatoms. The highest BCUT2D eigenvalue weighted by molar-refractivity contribution is 9.10. The van der Waals surface area contributed by atoms with E-state index in [9.17, 15) is 9.18 Å². The van der Waals surface area contributed by atoms with Gasteiger partial charge in [-0.15, -0.1) is 12.3 Å². The van der Waals surface area contributed by atoms with Crippen LogP contribution in [0.25, 0.3) is 0 Å². The minimum atomic E-state index is -0.448. The van der Waals surface area contributed by atoms with Crippen LogP contribution in [-0.4, -0.2) is 17.4 Å². The fraction of sp³-hybridized carbons (Fsp3) is 0.273. The summed E-state index contributed by atoms with van der Waals surface area (Å²) in [6.07, 6.45) is 6.68. The Balaban J connectivity index is 2.32. The highest BCUT2D eigenvalue weighted by Gasteiger charge is 2.31. The van der Waals surface area contributed by atoms with E-state index in [1.54, 1.807) is 0 Å². The summed E-state index contributed by atoms with van der Waals surface area (Å²) in [4.78, 5) is 17.0. The van der Waals surface area contributed by atoms with Crippen molar-refractivity contribution in [1.29, 1.82) is 0 Å². The lowest BCUT2D eigenvalue weighted by Gasteiger charge is -2.15. The molecule has 0 N–H and O–H groups in total. The van der Waals surface area contributed by atoms with E-state index in [0.717, 1.165) is 6.20 Å². The second kappa shape index (κ2) is 4.22. The number of carbonyl (C=O) groups is 1. The summed E-state index contributed by atoms with van der Waals surface area (Å²) in [5.41, 5.74) is 0. The highest BCUT2D eigenvalue weighted by atomic mass is 79.9. The zero-order valence-corrected chi connectivity index (χ0v) is 9.87. The van der Waals surface area contributed by atoms with Crippen LogP contribution in [0.15, 0.2) is 16.7 Å². The van der Waals surface area contributed by atoms with Crippen molar-refractivity contribution >= 4 is 27.7 Å². The van der Waals surface area contributed by atoms with Crippen LogP contribution in [0, 0.1) is 24.1 Å². The number of rotatable bonds is 1. The predicted molar refractivity (Wildman–Crippen MR) is 61.2 cm³/mol. The molecule has 2 rings (SSSR count). The molecule has 0 aromatic carbocycles. The van der Waals surface area contributed by atoms with Crippen molar-refractivity contribution in [3.05, 3.63) is 22.6 Å². The Morgan fingerprint density at radius 1 is 1.69 bits per heavy atom. The number of pyridine rings is 1. The lowest BCUT2D eigenvalue weighted by molar-refractivity contribution is -0.117. The molecule has 1 aliphatic heterocycles. The van der Waals surface area contributed by atoms with Gasteiger partial charge in [0.05, 0.1) is 10.7 Å². The SMILES string of the molecule is C#CC1CC(=O)N(c2ncc(F)cc2Br)C1. The lowest BCUT2D eigenvalue weighted by atomic mass is 10.1. The predicted octanol–water partition coefficient (Wildman–Crippen LogP) is 1.97. The molecule has 0 spiro atoms. The van der Waals surface area contributed by atoms with Crippen LogP contribution in [0.5, 0.6) is 0 Å². The zero-order chi connectivity index (χ0) is 11.7. The van der Waals surface area contributed by atoms with Crippen LogP contribution < -0.4 is 4.90 Å². The van der Waals surface area contributed by atoms with Crippen LogP contribution in [0.1, 0.15) is 6.42 Å². The summed E-state index contributed by atoms with van der Waals surface area (Å²) in [7, 11) is 0. The van der Waals surface area contributed by atoms with Crippen molar-refractivity contribution in [3.63, 3.8) is 0 Å². The number of aromatic nitrogens is 1. The summed E-state index contributed by atoms with van der Waals surface area (Å²) in [6, 6.07) is 1.28. The van der Waals surface area contributed by atoms with Crippen molar-refractivity contribution < 1.29 is 9.18 Å². The number of hydrogen-bond donors (Lipinski definition) is 0. The molecule has 1 aromatic rings. The van der Waals surface area contributed by atoms with Gasteiger partial charge in [-0.2, -0.15) is 0 Å². The number of nitrogens with zero attached hydrogens (tertiary/aromatic N) is 2. The average Bonchev–Trinajstić information content (AvgIpc) is 2.60. The van der Waals surface area contributed by atoms with Gasteiger partial charge in [0.1, 0.15) is 11.6 Å². The van der Waals surface area contributed by atoms with Gasteiger partial charge in [0.15, 0.2) is 0 Å². The van der Waals surface area contributed by atoms with Gasteiger partial charge in [0.2, 0.25) is 5.91 Å². The molecule has 16 heavy (non-hydrogen) atoms. The topological polar surface area (TPSA) is 33.2 Å². The minimum absolute atomic E-state index is 0.0808. The molecular weight excluding hydrogens is 275 g/mol. The number of hydrogen-bond acceptors (Lipinski definition) is 2. The maximum absolute atomic E-state index is 12.8. The maximum atomic E-state index is 12.8. The zero-order valence-electron chi connectivity index (χ0n) is 8.28. The first kappa shape index (κ1) is 11.1. The number of carbonyl (C=O) groups excluding carboxylic acids is 1. The van der Waals surface area contributed by atoms with Crippen LogP contribution >= 0.6 is 15.9 Å². The van der Waals surface area contributed by atoms with E-state index in [1.807, 2.05) is 0 Å². The quantitative estimate of drug-likeness (QED) is 0.738. The maximum Gasteiger partial charge on any atom is 0.229 e. The van der Waals surface area contributed by atoms with E-state index in [2.05, 4.69) is 26.8 Å². The Hall–Kier alpha value is -1.41. The largest absolute Gasteiger partial charge is 0.295 e. The second-order valence-electron chi connectivity index (χ2n) is 3.53. The molecule has 1 atom stereocenters. The van der Waals surface area contributed by atoms with E-state index in [4.69, 9.17) is 6.42 Å². The molecule has 1 saturated heterocycles. The van der Waals surface area contributed by atoms with E-state index >= 15 is 0 Å². The van der Waals surface area contributed by atoms with E-state index in [0.29, 0.717) is 23.3 Å². The van der Waals surface area contributed by atoms with Gasteiger partial charge in [0.25, 0.3) is 0 Å². The molecule has 1 unspecified atom stereocenters. The Morgan fingerprint density at radius 3 is 3.00 bits per heavy atom. The molecule has 3 nitrogen and oxygen atoms in total. The summed E-state index contributed by atoms with van der Waals surface area (Å²) < 4.78 is 13.3. The fourth-order valence-electron chi connectivity index (χ4n) is 1.63. The van der Waals surface area contributed by atoms with Gasteiger partial charge in [-0.3, -0.25) is 9.69 Å². The van der Waals surface area contributed by atoms with Gasteiger partial charge in [0, 0.05) is 18.9 Å². The first-order valence-electron chi connectivity index (χ1n) is 4.69. The third-order valence-corrected chi connectivity index (χ3v) is 2.99. The fourth-order valence-corrected chi connectivity index (χ4v) is 2.17. The van der Waals surface area contributed by atoms with Gasteiger partial charge in [-0.05, 0) is 22.0 Å². The Kier molecular flexibility index (Phi) is 2.92. The Labute approximate surface area is 101 Å². The Bertz CT molecular complexity index is 483. The standard InChI is InChI=1S/C11H8BrFN2O/c1-2-7-3-10(16)15(6-7)11-9(12)4-8(13)5-14-11/h1,4-5,7H,3,6H2. The lowest BCUT2D eigenvalue weighted by Crippen LogP contribution is -2.25. The molecule has 0 saturated carbocycles. The number of amides is 1. The van der Waals surface area contributed by atoms with Gasteiger partial charge >= 0.3 is 0 Å². The molecule has 82 valence electrons. The highest BCUT2D eigenvalue weighted by Crippen LogP contribution is 2.29. The first-order chi connectivity index (χ1) is 7.61. The van der Waals surface area contributed by atoms with Crippen LogP contribution in [0.3, 0.4) is 0 Å². The smallest absolute Gasteiger partial charge is 0.229 e. The molecule has 1 aliphatic rings. The van der Waals surface area contributed by atoms with Crippen molar-refractivity contribution in [2.24, 2.45) is 5.92 Å². The molecular formula is C11H8BrFN2O. The third-order valence-electron chi connectivity index (χ3n) is 2.40. The second-order valence-corrected chi connectivity index (χ2v) is 4.39. The molecule has 0 aliphatic carbocycles. The molecule has 1 amide bonds. The summed E-state index contributed by atoms with van der Waals surface area (Å²) in [5, 5.41) is 0.